The average Bonchev–Trinajstić information content (AvgIpc) is 2.63. The third-order valence-electron chi connectivity index (χ3n) is 3.42. The summed E-state index contributed by atoms with van der Waals surface area (Å²) in [5, 5.41) is 2.73. The van der Waals surface area contributed by atoms with Crippen LogP contribution in [0.15, 0.2) is 47.3 Å². The number of aromatic nitrogens is 2. The van der Waals surface area contributed by atoms with Gasteiger partial charge in [0.15, 0.2) is 5.82 Å². The number of benzene rings is 1. The molecule has 1 amide bonds. The lowest BCUT2D eigenvalue weighted by Crippen LogP contribution is -2.29. The Kier molecular flexibility index (Phi) is 7.56. The molecule has 0 spiro atoms. The third-order valence-corrected chi connectivity index (χ3v) is 3.94. The summed E-state index contributed by atoms with van der Waals surface area (Å²) >= 11 is 3.42. The fourth-order valence-electron chi connectivity index (χ4n) is 2.15. The Morgan fingerprint density at radius 1 is 1.24 bits per heavy atom. The number of nitrogens with two attached hydrogens (primary N) is 1. The summed E-state index contributed by atoms with van der Waals surface area (Å²) in [6, 6.07) is 8.06. The van der Waals surface area contributed by atoms with Crippen molar-refractivity contribution >= 4 is 27.4 Å². The molecule has 0 saturated heterocycles. The first kappa shape index (κ1) is 19.1. The van der Waals surface area contributed by atoms with Crippen LogP contribution in [0.1, 0.15) is 23.9 Å². The van der Waals surface area contributed by atoms with Gasteiger partial charge in [0.2, 0.25) is 0 Å². The van der Waals surface area contributed by atoms with Gasteiger partial charge in [-0.1, -0.05) is 28.1 Å². The molecule has 0 bridgehead atoms. The first-order valence-electron chi connectivity index (χ1n) is 7.97. The van der Waals surface area contributed by atoms with Crippen LogP contribution in [-0.4, -0.2) is 35.6 Å². The number of amides is 1. The minimum atomic E-state index is -0.317. The molecule has 1 aromatic carbocycles. The number of hydrogen-bond acceptors (Lipinski definition) is 5. The Balaban J connectivity index is 1.99. The number of nitrogens with zero attached hydrogens (tertiary/aromatic N) is 2. The molecule has 0 aliphatic carbocycles. The van der Waals surface area contributed by atoms with Gasteiger partial charge < -0.3 is 15.8 Å². The van der Waals surface area contributed by atoms with Crippen LogP contribution in [0.4, 0.5) is 0 Å². The Morgan fingerprint density at radius 3 is 2.52 bits per heavy atom. The van der Waals surface area contributed by atoms with Gasteiger partial charge in [-0.15, -0.1) is 0 Å². The van der Waals surface area contributed by atoms with Gasteiger partial charge >= 0.3 is 0 Å². The number of carbonyl (C=O) groups is 1. The van der Waals surface area contributed by atoms with Crippen molar-refractivity contribution in [3.05, 3.63) is 64.3 Å². The van der Waals surface area contributed by atoms with Crippen molar-refractivity contribution in [2.75, 3.05) is 19.8 Å². The van der Waals surface area contributed by atoms with E-state index in [9.17, 15) is 4.79 Å². The maximum Gasteiger partial charge on any atom is 0.256 e. The summed E-state index contributed by atoms with van der Waals surface area (Å²) in [7, 11) is 0. The van der Waals surface area contributed by atoms with Gasteiger partial charge in [0, 0.05) is 42.6 Å². The summed E-state index contributed by atoms with van der Waals surface area (Å²) in [6.07, 6.45) is 5.36. The van der Waals surface area contributed by atoms with Gasteiger partial charge in [-0.2, -0.15) is 0 Å². The first-order chi connectivity index (χ1) is 12.1. The first-order valence-corrected chi connectivity index (χ1v) is 8.77. The maximum atomic E-state index is 12.1. The SMILES string of the molecule is CCOCCNC(=O)/C(=C/N)c1ncc(Cc2ccc(Br)cc2)cn1. The molecule has 132 valence electrons. The Hall–Kier alpha value is -2.25. The number of carbonyl (C=O) groups excluding carboxylic acids is 1. The minimum Gasteiger partial charge on any atom is -0.404 e. The van der Waals surface area contributed by atoms with E-state index in [1.54, 1.807) is 12.4 Å². The van der Waals surface area contributed by atoms with E-state index in [0.29, 0.717) is 25.6 Å². The lowest BCUT2D eigenvalue weighted by molar-refractivity contribution is -0.115. The van der Waals surface area contributed by atoms with E-state index in [-0.39, 0.29) is 11.5 Å². The number of ether oxygens (including phenoxy) is 1. The van der Waals surface area contributed by atoms with Crippen LogP contribution in [0.25, 0.3) is 5.57 Å². The lowest BCUT2D eigenvalue weighted by atomic mass is 10.1. The van der Waals surface area contributed by atoms with E-state index >= 15 is 0 Å². The largest absolute Gasteiger partial charge is 0.404 e. The van der Waals surface area contributed by atoms with Gasteiger partial charge in [0.05, 0.1) is 12.2 Å². The zero-order chi connectivity index (χ0) is 18.1. The van der Waals surface area contributed by atoms with E-state index in [2.05, 4.69) is 31.2 Å². The van der Waals surface area contributed by atoms with Crippen LogP contribution >= 0.6 is 15.9 Å². The predicted molar refractivity (Wildman–Crippen MR) is 101 cm³/mol. The fourth-order valence-corrected chi connectivity index (χ4v) is 2.42. The van der Waals surface area contributed by atoms with Crippen molar-refractivity contribution in [2.24, 2.45) is 5.73 Å². The molecule has 25 heavy (non-hydrogen) atoms. The Morgan fingerprint density at radius 2 is 1.92 bits per heavy atom. The van der Waals surface area contributed by atoms with Crippen LogP contribution in [0.3, 0.4) is 0 Å². The lowest BCUT2D eigenvalue weighted by Gasteiger charge is -2.08. The van der Waals surface area contributed by atoms with Crippen LogP contribution in [0.5, 0.6) is 0 Å². The molecule has 1 heterocycles. The zero-order valence-corrected chi connectivity index (χ0v) is 15.6. The van der Waals surface area contributed by atoms with E-state index in [0.717, 1.165) is 22.0 Å². The number of halogens is 1. The fraction of sp³-hybridized carbons (Fsp3) is 0.278. The molecule has 0 aliphatic rings. The van der Waals surface area contributed by atoms with Gasteiger partial charge in [-0.3, -0.25) is 4.79 Å². The second-order valence-corrected chi connectivity index (χ2v) is 6.17. The van der Waals surface area contributed by atoms with Gasteiger partial charge in [-0.05, 0) is 30.2 Å². The smallest absolute Gasteiger partial charge is 0.256 e. The van der Waals surface area contributed by atoms with E-state index in [1.165, 1.54) is 6.20 Å². The highest BCUT2D eigenvalue weighted by Gasteiger charge is 2.14. The van der Waals surface area contributed by atoms with Crippen molar-refractivity contribution in [2.45, 2.75) is 13.3 Å². The van der Waals surface area contributed by atoms with Crippen molar-refractivity contribution in [1.82, 2.24) is 15.3 Å². The van der Waals surface area contributed by atoms with Crippen molar-refractivity contribution in [1.29, 1.82) is 0 Å². The molecule has 2 aromatic rings. The van der Waals surface area contributed by atoms with Crippen molar-refractivity contribution < 1.29 is 9.53 Å². The van der Waals surface area contributed by atoms with Gasteiger partial charge in [0.25, 0.3) is 5.91 Å². The summed E-state index contributed by atoms with van der Waals surface area (Å²) in [5.74, 6) is -0.0150. The highest BCUT2D eigenvalue weighted by atomic mass is 79.9. The van der Waals surface area contributed by atoms with E-state index in [1.807, 2.05) is 31.2 Å². The summed E-state index contributed by atoms with van der Waals surface area (Å²) in [4.78, 5) is 20.7. The second kappa shape index (κ2) is 9.90. The third kappa shape index (κ3) is 5.95. The summed E-state index contributed by atoms with van der Waals surface area (Å²) in [5.41, 5.74) is 7.93. The minimum absolute atomic E-state index is 0.242. The number of rotatable bonds is 8. The quantitative estimate of drug-likeness (QED) is 0.520. The van der Waals surface area contributed by atoms with Gasteiger partial charge in [0.1, 0.15) is 0 Å². The van der Waals surface area contributed by atoms with Crippen LogP contribution in [0.2, 0.25) is 0 Å². The molecule has 0 unspecified atom stereocenters. The standard InChI is InChI=1S/C18H21BrN4O2/c1-2-25-8-7-21-18(24)16(10-20)17-22-11-14(12-23-17)9-13-3-5-15(19)6-4-13/h3-6,10-12H,2,7-9,20H2,1H3,(H,21,24)/b16-10+. The molecule has 3 N–H and O–H groups in total. The molecular weight excluding hydrogens is 384 g/mol. The molecule has 0 fully saturated rings. The second-order valence-electron chi connectivity index (χ2n) is 5.25. The molecule has 0 radical (unpaired) electrons. The molecular formula is C18H21BrN4O2. The topological polar surface area (TPSA) is 90.1 Å². The molecule has 7 heteroatoms. The normalized spacial score (nSPS) is 11.4. The van der Waals surface area contributed by atoms with Crippen LogP contribution < -0.4 is 11.1 Å². The molecule has 0 atom stereocenters. The van der Waals surface area contributed by atoms with Crippen molar-refractivity contribution in [3.8, 4) is 0 Å². The van der Waals surface area contributed by atoms with Gasteiger partial charge in [-0.25, -0.2) is 9.97 Å². The van der Waals surface area contributed by atoms with Crippen LogP contribution in [0, 0.1) is 0 Å². The maximum absolute atomic E-state index is 12.1. The molecule has 0 aliphatic heterocycles. The summed E-state index contributed by atoms with van der Waals surface area (Å²) < 4.78 is 6.22. The van der Waals surface area contributed by atoms with Crippen molar-refractivity contribution in [3.63, 3.8) is 0 Å². The Labute approximate surface area is 155 Å². The van der Waals surface area contributed by atoms with Crippen LogP contribution in [-0.2, 0) is 16.0 Å². The Bertz CT molecular complexity index is 715. The molecule has 2 rings (SSSR count). The van der Waals surface area contributed by atoms with E-state index < -0.39 is 0 Å². The molecule has 0 saturated carbocycles. The average molecular weight is 405 g/mol. The highest BCUT2D eigenvalue weighted by Crippen LogP contribution is 2.14. The monoisotopic (exact) mass is 404 g/mol. The van der Waals surface area contributed by atoms with E-state index in [4.69, 9.17) is 10.5 Å². The highest BCUT2D eigenvalue weighted by molar-refractivity contribution is 9.10. The summed E-state index contributed by atoms with van der Waals surface area (Å²) in [6.45, 7) is 3.37. The molecule has 6 nitrogen and oxygen atoms in total. The predicted octanol–water partition coefficient (Wildman–Crippen LogP) is 2.28. The zero-order valence-electron chi connectivity index (χ0n) is 14.0. The number of hydrogen-bond donors (Lipinski definition) is 2. The number of nitrogens with one attached hydrogen (secondary N) is 1. The molecule has 1 aromatic heterocycles.